The molecule has 3 N–H and O–H groups in total. The van der Waals surface area contributed by atoms with E-state index in [1.807, 2.05) is 39.0 Å². The second kappa shape index (κ2) is 11.3. The van der Waals surface area contributed by atoms with E-state index in [2.05, 4.69) is 15.6 Å². The van der Waals surface area contributed by atoms with Crippen molar-refractivity contribution in [1.82, 2.24) is 10.6 Å². The Labute approximate surface area is 171 Å². The van der Waals surface area contributed by atoms with Gasteiger partial charge < -0.3 is 25.2 Å². The van der Waals surface area contributed by atoms with Crippen LogP contribution in [0, 0.1) is 5.82 Å². The fourth-order valence-corrected chi connectivity index (χ4v) is 2.87. The van der Waals surface area contributed by atoms with Gasteiger partial charge in [0.2, 0.25) is 0 Å². The fourth-order valence-electron chi connectivity index (χ4n) is 2.87. The lowest BCUT2D eigenvalue weighted by Crippen LogP contribution is -2.38. The average molecular weight is 403 g/mol. The third-order valence-electron chi connectivity index (χ3n) is 4.38. The molecule has 158 valence electrons. The molecule has 6 nitrogen and oxygen atoms in total. The molecular formula is C22H30FN3O3. The number of rotatable bonds is 9. The number of guanidine groups is 1. The summed E-state index contributed by atoms with van der Waals surface area (Å²) in [4.78, 5) is 4.25. The van der Waals surface area contributed by atoms with E-state index in [1.165, 1.54) is 6.07 Å². The van der Waals surface area contributed by atoms with Gasteiger partial charge >= 0.3 is 0 Å². The molecule has 0 bridgehead atoms. The molecule has 0 heterocycles. The summed E-state index contributed by atoms with van der Waals surface area (Å²) in [7, 11) is 1.69. The largest absolute Gasteiger partial charge is 0.490 e. The van der Waals surface area contributed by atoms with Crippen molar-refractivity contribution < 1.29 is 19.0 Å². The van der Waals surface area contributed by atoms with Gasteiger partial charge in [-0.1, -0.05) is 12.1 Å². The zero-order valence-corrected chi connectivity index (χ0v) is 17.5. The van der Waals surface area contributed by atoms with E-state index in [4.69, 9.17) is 9.47 Å². The third-order valence-corrected chi connectivity index (χ3v) is 4.38. The lowest BCUT2D eigenvalue weighted by atomic mass is 10.1. The summed E-state index contributed by atoms with van der Waals surface area (Å²) < 4.78 is 24.8. The molecule has 0 saturated heterocycles. The first-order valence-corrected chi connectivity index (χ1v) is 9.77. The van der Waals surface area contributed by atoms with Crippen molar-refractivity contribution in [2.24, 2.45) is 4.99 Å². The highest BCUT2D eigenvalue weighted by Gasteiger charge is 2.12. The lowest BCUT2D eigenvalue weighted by Gasteiger charge is -2.20. The van der Waals surface area contributed by atoms with Crippen LogP contribution in [0.25, 0.3) is 0 Å². The van der Waals surface area contributed by atoms with Gasteiger partial charge in [0, 0.05) is 19.2 Å². The fraction of sp³-hybridized carbons (Fsp3) is 0.409. The Morgan fingerprint density at radius 2 is 1.83 bits per heavy atom. The highest BCUT2D eigenvalue weighted by atomic mass is 19.1. The Balaban J connectivity index is 2.04. The first-order chi connectivity index (χ1) is 14.0. The molecule has 7 heteroatoms. The Hall–Kier alpha value is -2.80. The van der Waals surface area contributed by atoms with Crippen molar-refractivity contribution in [3.63, 3.8) is 0 Å². The van der Waals surface area contributed by atoms with Crippen molar-refractivity contribution in [1.29, 1.82) is 0 Å². The first kappa shape index (κ1) is 22.5. The van der Waals surface area contributed by atoms with Crippen molar-refractivity contribution in [3.05, 3.63) is 58.9 Å². The predicted octanol–water partition coefficient (Wildman–Crippen LogP) is 3.54. The second-order valence-electron chi connectivity index (χ2n) is 6.45. The van der Waals surface area contributed by atoms with Crippen LogP contribution in [0.3, 0.4) is 0 Å². The van der Waals surface area contributed by atoms with Crippen LogP contribution < -0.4 is 20.1 Å². The zero-order valence-electron chi connectivity index (χ0n) is 17.5. The summed E-state index contributed by atoms with van der Waals surface area (Å²) in [6, 6.07) is 10.5. The van der Waals surface area contributed by atoms with Crippen LogP contribution in [-0.2, 0) is 13.2 Å². The molecule has 0 amide bonds. The van der Waals surface area contributed by atoms with Gasteiger partial charge in [-0.25, -0.2) is 4.39 Å². The van der Waals surface area contributed by atoms with Gasteiger partial charge in [0.25, 0.3) is 0 Å². The van der Waals surface area contributed by atoms with Gasteiger partial charge in [0.1, 0.15) is 5.82 Å². The van der Waals surface area contributed by atoms with E-state index in [9.17, 15) is 9.50 Å². The third kappa shape index (κ3) is 6.35. The van der Waals surface area contributed by atoms with E-state index in [-0.39, 0.29) is 18.2 Å². The highest BCUT2D eigenvalue weighted by molar-refractivity contribution is 5.80. The standard InChI is InChI=1S/C22H30FN3O3/c1-5-28-20-10-8-17(12-21(20)29-6-2)15(3)26-22(24-4)25-13-16-7-9-19(23)18(11-16)14-27/h7-12,15,27H,5-6,13-14H2,1-4H3,(H2,24,25,26). The number of aliphatic hydroxyl groups is 1. The predicted molar refractivity (Wildman–Crippen MR) is 113 cm³/mol. The number of aliphatic imine (C=N–C) groups is 1. The topological polar surface area (TPSA) is 75.1 Å². The number of benzene rings is 2. The van der Waals surface area contributed by atoms with Crippen molar-refractivity contribution in [2.45, 2.75) is 40.0 Å². The molecule has 2 aromatic carbocycles. The van der Waals surface area contributed by atoms with E-state index in [0.29, 0.717) is 31.5 Å². The van der Waals surface area contributed by atoms with Crippen LogP contribution in [0.5, 0.6) is 11.5 Å². The van der Waals surface area contributed by atoms with Crippen molar-refractivity contribution in [2.75, 3.05) is 20.3 Å². The normalized spacial score (nSPS) is 12.4. The van der Waals surface area contributed by atoms with Gasteiger partial charge in [0.05, 0.1) is 25.9 Å². The van der Waals surface area contributed by atoms with Crippen LogP contribution >= 0.6 is 0 Å². The van der Waals surface area contributed by atoms with Crippen LogP contribution in [0.1, 0.15) is 43.5 Å². The number of hydrogen-bond donors (Lipinski definition) is 3. The van der Waals surface area contributed by atoms with E-state index >= 15 is 0 Å². The molecule has 0 spiro atoms. The monoisotopic (exact) mass is 403 g/mol. The van der Waals surface area contributed by atoms with Gasteiger partial charge in [0.15, 0.2) is 17.5 Å². The van der Waals surface area contributed by atoms with E-state index in [0.717, 1.165) is 16.9 Å². The molecule has 1 atom stereocenters. The maximum Gasteiger partial charge on any atom is 0.191 e. The van der Waals surface area contributed by atoms with Crippen LogP contribution in [0.4, 0.5) is 4.39 Å². The summed E-state index contributed by atoms with van der Waals surface area (Å²) in [6.07, 6.45) is 0. The SMILES string of the molecule is CCOc1ccc(C(C)NC(=NC)NCc2ccc(F)c(CO)c2)cc1OCC. The Kier molecular flexibility index (Phi) is 8.73. The molecule has 0 aliphatic carbocycles. The Morgan fingerprint density at radius 1 is 1.10 bits per heavy atom. The maximum absolute atomic E-state index is 13.5. The molecule has 0 aliphatic rings. The summed E-state index contributed by atoms with van der Waals surface area (Å²) in [5, 5.41) is 15.8. The van der Waals surface area contributed by atoms with Gasteiger partial charge in [-0.05, 0) is 56.2 Å². The van der Waals surface area contributed by atoms with Gasteiger partial charge in [-0.15, -0.1) is 0 Å². The maximum atomic E-state index is 13.5. The molecule has 0 radical (unpaired) electrons. The Bertz CT molecular complexity index is 827. The van der Waals surface area contributed by atoms with Crippen molar-refractivity contribution in [3.8, 4) is 11.5 Å². The van der Waals surface area contributed by atoms with Gasteiger partial charge in [-0.2, -0.15) is 0 Å². The van der Waals surface area contributed by atoms with E-state index in [1.54, 1.807) is 19.2 Å². The molecule has 0 saturated carbocycles. The number of ether oxygens (including phenoxy) is 2. The quantitative estimate of drug-likeness (QED) is 0.441. The van der Waals surface area contributed by atoms with Crippen molar-refractivity contribution >= 4 is 5.96 Å². The molecule has 0 fully saturated rings. The number of aliphatic hydroxyl groups excluding tert-OH is 1. The highest BCUT2D eigenvalue weighted by Crippen LogP contribution is 2.30. The molecule has 0 aromatic heterocycles. The van der Waals surface area contributed by atoms with Gasteiger partial charge in [-0.3, -0.25) is 4.99 Å². The molecule has 1 unspecified atom stereocenters. The number of nitrogens with zero attached hydrogens (tertiary/aromatic N) is 1. The number of halogens is 1. The smallest absolute Gasteiger partial charge is 0.191 e. The Morgan fingerprint density at radius 3 is 2.48 bits per heavy atom. The zero-order chi connectivity index (χ0) is 21.2. The van der Waals surface area contributed by atoms with Crippen LogP contribution in [0.15, 0.2) is 41.4 Å². The number of nitrogens with one attached hydrogen (secondary N) is 2. The minimum absolute atomic E-state index is 0.0303. The summed E-state index contributed by atoms with van der Waals surface area (Å²) in [5.41, 5.74) is 2.16. The average Bonchev–Trinajstić information content (AvgIpc) is 2.73. The minimum atomic E-state index is -0.409. The minimum Gasteiger partial charge on any atom is -0.490 e. The summed E-state index contributed by atoms with van der Waals surface area (Å²) >= 11 is 0. The number of hydrogen-bond acceptors (Lipinski definition) is 4. The second-order valence-corrected chi connectivity index (χ2v) is 6.45. The van der Waals surface area contributed by atoms with Crippen LogP contribution in [-0.4, -0.2) is 31.3 Å². The summed E-state index contributed by atoms with van der Waals surface area (Å²) in [6.45, 7) is 7.16. The molecule has 0 aliphatic heterocycles. The lowest BCUT2D eigenvalue weighted by molar-refractivity contribution is 0.275. The molecule has 2 aromatic rings. The molecule has 2 rings (SSSR count). The molecular weight excluding hydrogens is 373 g/mol. The summed E-state index contributed by atoms with van der Waals surface area (Å²) in [5.74, 6) is 1.64. The van der Waals surface area contributed by atoms with E-state index < -0.39 is 5.82 Å². The van der Waals surface area contributed by atoms with Crippen LogP contribution in [0.2, 0.25) is 0 Å². The molecule has 29 heavy (non-hydrogen) atoms. The first-order valence-electron chi connectivity index (χ1n) is 9.77.